The van der Waals surface area contributed by atoms with Crippen LogP contribution >= 0.6 is 12.4 Å². The molecule has 1 aromatic carbocycles. The summed E-state index contributed by atoms with van der Waals surface area (Å²) in [4.78, 5) is 0. The Labute approximate surface area is 109 Å². The molecule has 4 heteroatoms. The first-order valence-corrected chi connectivity index (χ1v) is 5.95. The molecule has 1 fully saturated rings. The molecule has 96 valence electrons. The van der Waals surface area contributed by atoms with Crippen LogP contribution in [-0.4, -0.2) is 30.4 Å². The quantitative estimate of drug-likeness (QED) is 0.867. The van der Waals surface area contributed by atoms with Gasteiger partial charge in [0.1, 0.15) is 18.5 Å². The number of halogens is 1. The van der Waals surface area contributed by atoms with Gasteiger partial charge in [-0.25, -0.2) is 0 Å². The van der Waals surface area contributed by atoms with Crippen LogP contribution in [0.25, 0.3) is 0 Å². The third-order valence-electron chi connectivity index (χ3n) is 2.98. The summed E-state index contributed by atoms with van der Waals surface area (Å²) in [6.45, 7) is 1.37. The Kier molecular flexibility index (Phi) is 6.34. The second kappa shape index (κ2) is 7.54. The molecule has 2 atom stereocenters. The van der Waals surface area contributed by atoms with Gasteiger partial charge in [-0.15, -0.1) is 12.4 Å². The van der Waals surface area contributed by atoms with Gasteiger partial charge in [0.25, 0.3) is 0 Å². The zero-order valence-electron chi connectivity index (χ0n) is 9.84. The number of benzene rings is 1. The van der Waals surface area contributed by atoms with Crippen molar-refractivity contribution in [1.29, 1.82) is 0 Å². The molecule has 1 saturated heterocycles. The molecule has 0 aromatic heterocycles. The van der Waals surface area contributed by atoms with Crippen LogP contribution in [0.5, 0.6) is 5.75 Å². The second-order valence-corrected chi connectivity index (χ2v) is 4.25. The Bertz CT molecular complexity index is 302. The molecule has 17 heavy (non-hydrogen) atoms. The molecule has 1 aliphatic rings. The highest BCUT2D eigenvalue weighted by molar-refractivity contribution is 5.85. The standard InChI is InChI=1S/C13H19NO2.ClH/c15-13(12-8-4-5-9-14-12)10-16-11-6-2-1-3-7-11;/h1-3,6-7,12-15H,4-5,8-10H2;1H. The summed E-state index contributed by atoms with van der Waals surface area (Å²) in [6.07, 6.45) is 3.03. The third-order valence-corrected chi connectivity index (χ3v) is 2.98. The minimum absolute atomic E-state index is 0. The van der Waals surface area contributed by atoms with Crippen LogP contribution < -0.4 is 10.1 Å². The lowest BCUT2D eigenvalue weighted by Crippen LogP contribution is -2.45. The van der Waals surface area contributed by atoms with Gasteiger partial charge in [0.2, 0.25) is 0 Å². The van der Waals surface area contributed by atoms with Crippen LogP contribution in [0.4, 0.5) is 0 Å². The van der Waals surface area contributed by atoms with E-state index >= 15 is 0 Å². The number of aliphatic hydroxyl groups is 1. The van der Waals surface area contributed by atoms with Crippen LogP contribution in [0, 0.1) is 0 Å². The molecule has 0 amide bonds. The van der Waals surface area contributed by atoms with Crippen molar-refractivity contribution in [3.05, 3.63) is 30.3 Å². The highest BCUT2D eigenvalue weighted by Crippen LogP contribution is 2.13. The van der Waals surface area contributed by atoms with E-state index in [9.17, 15) is 5.11 Å². The SMILES string of the molecule is Cl.OC(COc1ccccc1)C1CCCCN1. The maximum atomic E-state index is 9.95. The minimum atomic E-state index is -0.416. The first kappa shape index (κ1) is 14.3. The lowest BCUT2D eigenvalue weighted by molar-refractivity contribution is 0.0639. The second-order valence-electron chi connectivity index (χ2n) is 4.25. The minimum Gasteiger partial charge on any atom is -0.491 e. The maximum Gasteiger partial charge on any atom is 0.119 e. The van der Waals surface area contributed by atoms with Gasteiger partial charge in [-0.1, -0.05) is 24.6 Å². The Morgan fingerprint density at radius 1 is 1.29 bits per heavy atom. The fourth-order valence-electron chi connectivity index (χ4n) is 2.02. The number of hydrogen-bond acceptors (Lipinski definition) is 3. The number of hydrogen-bond donors (Lipinski definition) is 2. The van der Waals surface area contributed by atoms with Gasteiger partial charge in [0, 0.05) is 6.04 Å². The average molecular weight is 258 g/mol. The number of para-hydroxylation sites is 1. The van der Waals surface area contributed by atoms with Crippen molar-refractivity contribution in [1.82, 2.24) is 5.32 Å². The molecule has 0 saturated carbocycles. The van der Waals surface area contributed by atoms with Gasteiger partial charge < -0.3 is 15.2 Å². The van der Waals surface area contributed by atoms with Crippen molar-refractivity contribution in [2.75, 3.05) is 13.2 Å². The Balaban J connectivity index is 0.00000144. The Morgan fingerprint density at radius 2 is 2.06 bits per heavy atom. The predicted octanol–water partition coefficient (Wildman–Crippen LogP) is 1.99. The molecule has 3 nitrogen and oxygen atoms in total. The third kappa shape index (κ3) is 4.54. The highest BCUT2D eigenvalue weighted by atomic mass is 35.5. The van der Waals surface area contributed by atoms with E-state index in [1.807, 2.05) is 30.3 Å². The van der Waals surface area contributed by atoms with Crippen LogP contribution in [0.2, 0.25) is 0 Å². The summed E-state index contributed by atoms with van der Waals surface area (Å²) >= 11 is 0. The van der Waals surface area contributed by atoms with Crippen LogP contribution in [0.15, 0.2) is 30.3 Å². The van der Waals surface area contributed by atoms with E-state index in [1.165, 1.54) is 12.8 Å². The van der Waals surface area contributed by atoms with E-state index in [4.69, 9.17) is 4.74 Å². The molecule has 2 unspecified atom stereocenters. The summed E-state index contributed by atoms with van der Waals surface area (Å²) in [5.41, 5.74) is 0. The van der Waals surface area contributed by atoms with Crippen LogP contribution in [-0.2, 0) is 0 Å². The van der Waals surface area contributed by atoms with E-state index in [1.54, 1.807) is 0 Å². The molecular weight excluding hydrogens is 238 g/mol. The molecule has 1 aliphatic heterocycles. The van der Waals surface area contributed by atoms with Gasteiger partial charge in [0.15, 0.2) is 0 Å². The van der Waals surface area contributed by atoms with Crippen LogP contribution in [0.3, 0.4) is 0 Å². The molecular formula is C13H20ClNO2. The first-order chi connectivity index (χ1) is 7.86. The maximum absolute atomic E-state index is 9.95. The number of ether oxygens (including phenoxy) is 1. The van der Waals surface area contributed by atoms with Crippen LogP contribution in [0.1, 0.15) is 19.3 Å². The zero-order valence-corrected chi connectivity index (χ0v) is 10.7. The van der Waals surface area contributed by atoms with Crippen molar-refractivity contribution >= 4 is 12.4 Å². The lowest BCUT2D eigenvalue weighted by Gasteiger charge is -2.27. The molecule has 2 N–H and O–H groups in total. The smallest absolute Gasteiger partial charge is 0.119 e. The lowest BCUT2D eigenvalue weighted by atomic mass is 10.0. The largest absolute Gasteiger partial charge is 0.491 e. The van der Waals surface area contributed by atoms with Gasteiger partial charge in [-0.3, -0.25) is 0 Å². The normalized spacial score (nSPS) is 21.4. The molecule has 0 spiro atoms. The first-order valence-electron chi connectivity index (χ1n) is 5.95. The summed E-state index contributed by atoms with van der Waals surface area (Å²) in [6, 6.07) is 9.81. The molecule has 1 aromatic rings. The molecule has 1 heterocycles. The predicted molar refractivity (Wildman–Crippen MR) is 70.8 cm³/mol. The van der Waals surface area contributed by atoms with E-state index in [-0.39, 0.29) is 18.4 Å². The van der Waals surface area contributed by atoms with Gasteiger partial charge in [0.05, 0.1) is 0 Å². The average Bonchev–Trinajstić information content (AvgIpc) is 2.38. The van der Waals surface area contributed by atoms with Crippen molar-refractivity contribution < 1.29 is 9.84 Å². The topological polar surface area (TPSA) is 41.5 Å². The molecule has 0 radical (unpaired) electrons. The molecule has 0 aliphatic carbocycles. The molecule has 0 bridgehead atoms. The van der Waals surface area contributed by atoms with Crippen molar-refractivity contribution in [2.24, 2.45) is 0 Å². The molecule has 2 rings (SSSR count). The summed E-state index contributed by atoms with van der Waals surface area (Å²) in [5.74, 6) is 0.817. The fraction of sp³-hybridized carbons (Fsp3) is 0.538. The Hall–Kier alpha value is -0.770. The van der Waals surface area contributed by atoms with E-state index in [0.717, 1.165) is 18.7 Å². The van der Waals surface area contributed by atoms with E-state index in [2.05, 4.69) is 5.32 Å². The number of nitrogens with one attached hydrogen (secondary N) is 1. The van der Waals surface area contributed by atoms with E-state index in [0.29, 0.717) is 6.61 Å². The summed E-state index contributed by atoms with van der Waals surface area (Å²) in [5, 5.41) is 13.3. The summed E-state index contributed by atoms with van der Waals surface area (Å²) in [7, 11) is 0. The van der Waals surface area contributed by atoms with Gasteiger partial charge in [-0.05, 0) is 31.5 Å². The fourth-order valence-corrected chi connectivity index (χ4v) is 2.02. The zero-order chi connectivity index (χ0) is 11.2. The number of rotatable bonds is 4. The number of aliphatic hydroxyl groups excluding tert-OH is 1. The van der Waals surface area contributed by atoms with Crippen molar-refractivity contribution in [3.8, 4) is 5.75 Å². The number of piperidine rings is 1. The summed E-state index contributed by atoms with van der Waals surface area (Å²) < 4.78 is 5.53. The van der Waals surface area contributed by atoms with Gasteiger partial charge in [-0.2, -0.15) is 0 Å². The van der Waals surface area contributed by atoms with Gasteiger partial charge >= 0.3 is 0 Å². The van der Waals surface area contributed by atoms with E-state index < -0.39 is 6.10 Å². The van der Waals surface area contributed by atoms with Crippen molar-refractivity contribution in [3.63, 3.8) is 0 Å². The van der Waals surface area contributed by atoms with Crippen molar-refractivity contribution in [2.45, 2.75) is 31.4 Å². The highest BCUT2D eigenvalue weighted by Gasteiger charge is 2.21. The monoisotopic (exact) mass is 257 g/mol. The Morgan fingerprint density at radius 3 is 2.71 bits per heavy atom.